The first-order chi connectivity index (χ1) is 7.75. The van der Waals surface area contributed by atoms with Crippen molar-refractivity contribution in [3.63, 3.8) is 0 Å². The Morgan fingerprint density at radius 2 is 2.38 bits per heavy atom. The summed E-state index contributed by atoms with van der Waals surface area (Å²) in [7, 11) is 0. The molecule has 6 heteroatoms. The van der Waals surface area contributed by atoms with Crippen LogP contribution in [0.25, 0.3) is 0 Å². The minimum absolute atomic E-state index is 0.249. The number of aromatic nitrogens is 3. The largest absolute Gasteiger partial charge is 0.406 e. The summed E-state index contributed by atoms with van der Waals surface area (Å²) in [6, 6.07) is 3.96. The quantitative estimate of drug-likeness (QED) is 0.800. The van der Waals surface area contributed by atoms with Crippen molar-refractivity contribution in [2.24, 2.45) is 5.73 Å². The molecule has 0 aromatic carbocycles. The first-order valence-electron chi connectivity index (χ1n) is 4.97. The van der Waals surface area contributed by atoms with E-state index in [0.717, 1.165) is 5.56 Å². The summed E-state index contributed by atoms with van der Waals surface area (Å²) in [6.45, 7) is 2.38. The molecule has 6 nitrogen and oxygen atoms in total. The maximum Gasteiger partial charge on any atom is 0.315 e. The lowest BCUT2D eigenvalue weighted by Gasteiger charge is -2.00. The van der Waals surface area contributed by atoms with E-state index in [2.05, 4.69) is 20.5 Å². The Kier molecular flexibility index (Phi) is 3.11. The van der Waals surface area contributed by atoms with Crippen LogP contribution in [0.5, 0.6) is 0 Å². The zero-order chi connectivity index (χ0) is 11.4. The van der Waals surface area contributed by atoms with Crippen LogP contribution in [-0.2, 0) is 6.54 Å². The average molecular weight is 219 g/mol. The third kappa shape index (κ3) is 2.54. The Bertz CT molecular complexity index is 439. The van der Waals surface area contributed by atoms with Gasteiger partial charge in [0.2, 0.25) is 5.89 Å². The summed E-state index contributed by atoms with van der Waals surface area (Å²) in [5.74, 6) is 0.425. The van der Waals surface area contributed by atoms with Crippen LogP contribution in [0.2, 0.25) is 0 Å². The van der Waals surface area contributed by atoms with Crippen molar-refractivity contribution in [3.05, 3.63) is 36.0 Å². The molecule has 1 unspecified atom stereocenters. The second kappa shape index (κ2) is 4.71. The van der Waals surface area contributed by atoms with Gasteiger partial charge in [-0.1, -0.05) is 11.2 Å². The Morgan fingerprint density at radius 1 is 1.50 bits per heavy atom. The van der Waals surface area contributed by atoms with E-state index in [0.29, 0.717) is 18.5 Å². The molecular formula is C10H13N5O. The molecule has 16 heavy (non-hydrogen) atoms. The molecule has 0 fully saturated rings. The van der Waals surface area contributed by atoms with E-state index in [4.69, 9.17) is 10.2 Å². The van der Waals surface area contributed by atoms with Gasteiger partial charge in [0.25, 0.3) is 0 Å². The van der Waals surface area contributed by atoms with Crippen LogP contribution in [-0.4, -0.2) is 15.2 Å². The lowest BCUT2D eigenvalue weighted by Crippen LogP contribution is -2.04. The fraction of sp³-hybridized carbons (Fsp3) is 0.300. The molecule has 3 N–H and O–H groups in total. The summed E-state index contributed by atoms with van der Waals surface area (Å²) < 4.78 is 5.29. The van der Waals surface area contributed by atoms with Crippen molar-refractivity contribution in [2.45, 2.75) is 19.5 Å². The van der Waals surface area contributed by atoms with Crippen LogP contribution < -0.4 is 11.1 Å². The van der Waals surface area contributed by atoms with Crippen molar-refractivity contribution in [1.82, 2.24) is 15.2 Å². The van der Waals surface area contributed by atoms with Gasteiger partial charge in [-0.25, -0.2) is 0 Å². The molecule has 2 rings (SSSR count). The maximum absolute atomic E-state index is 5.60. The van der Waals surface area contributed by atoms with E-state index in [-0.39, 0.29) is 6.04 Å². The molecule has 0 bridgehead atoms. The predicted octanol–water partition coefficient (Wildman–Crippen LogP) is 1.10. The average Bonchev–Trinajstić information content (AvgIpc) is 2.76. The van der Waals surface area contributed by atoms with E-state index in [1.165, 1.54) is 0 Å². The van der Waals surface area contributed by atoms with Gasteiger partial charge in [-0.3, -0.25) is 4.98 Å². The third-order valence-electron chi connectivity index (χ3n) is 2.00. The summed E-state index contributed by atoms with van der Waals surface area (Å²) in [6.07, 6.45) is 3.50. The second-order valence-corrected chi connectivity index (χ2v) is 3.45. The molecule has 0 saturated carbocycles. The SMILES string of the molecule is CC(N)c1nnc(NCc2cccnc2)o1. The highest BCUT2D eigenvalue weighted by Crippen LogP contribution is 2.11. The number of nitrogens with two attached hydrogens (primary N) is 1. The normalized spacial score (nSPS) is 12.4. The van der Waals surface area contributed by atoms with Crippen LogP contribution in [0, 0.1) is 0 Å². The Balaban J connectivity index is 1.95. The Hall–Kier alpha value is -1.95. The molecule has 84 valence electrons. The highest BCUT2D eigenvalue weighted by molar-refractivity contribution is 5.21. The Labute approximate surface area is 92.9 Å². The summed E-state index contributed by atoms with van der Waals surface area (Å²) in [4.78, 5) is 4.00. The third-order valence-corrected chi connectivity index (χ3v) is 2.00. The number of hydrogen-bond acceptors (Lipinski definition) is 6. The molecule has 0 spiro atoms. The van der Waals surface area contributed by atoms with E-state index < -0.39 is 0 Å². The van der Waals surface area contributed by atoms with Crippen LogP contribution >= 0.6 is 0 Å². The van der Waals surface area contributed by atoms with Gasteiger partial charge in [-0.2, -0.15) is 0 Å². The summed E-state index contributed by atoms with van der Waals surface area (Å²) in [5, 5.41) is 10.6. The zero-order valence-electron chi connectivity index (χ0n) is 8.92. The van der Waals surface area contributed by atoms with Gasteiger partial charge in [0, 0.05) is 18.9 Å². The lowest BCUT2D eigenvalue weighted by atomic mass is 10.3. The molecule has 0 saturated heterocycles. The van der Waals surface area contributed by atoms with E-state index in [1.54, 1.807) is 19.3 Å². The second-order valence-electron chi connectivity index (χ2n) is 3.45. The fourth-order valence-electron chi connectivity index (χ4n) is 1.17. The highest BCUT2D eigenvalue weighted by Gasteiger charge is 2.08. The van der Waals surface area contributed by atoms with Crippen molar-refractivity contribution >= 4 is 6.01 Å². The van der Waals surface area contributed by atoms with E-state index >= 15 is 0 Å². The lowest BCUT2D eigenvalue weighted by molar-refractivity contribution is 0.472. The first kappa shape index (κ1) is 10.6. The van der Waals surface area contributed by atoms with E-state index in [9.17, 15) is 0 Å². The number of anilines is 1. The number of hydrogen-bond donors (Lipinski definition) is 2. The molecule has 2 heterocycles. The van der Waals surface area contributed by atoms with E-state index in [1.807, 2.05) is 12.1 Å². The molecule has 0 aliphatic carbocycles. The van der Waals surface area contributed by atoms with Gasteiger partial charge in [0.05, 0.1) is 6.04 Å². The van der Waals surface area contributed by atoms with Gasteiger partial charge in [-0.15, -0.1) is 5.10 Å². The maximum atomic E-state index is 5.60. The standard InChI is InChI=1S/C10H13N5O/c1-7(11)9-14-15-10(16-9)13-6-8-3-2-4-12-5-8/h2-5,7H,6,11H2,1H3,(H,13,15). The van der Waals surface area contributed by atoms with Gasteiger partial charge in [0.1, 0.15) is 0 Å². The number of pyridine rings is 1. The minimum Gasteiger partial charge on any atom is -0.406 e. The zero-order valence-corrected chi connectivity index (χ0v) is 8.92. The molecule has 0 aliphatic heterocycles. The fourth-order valence-corrected chi connectivity index (χ4v) is 1.17. The first-order valence-corrected chi connectivity index (χ1v) is 4.97. The van der Waals surface area contributed by atoms with Gasteiger partial charge >= 0.3 is 6.01 Å². The molecule has 0 amide bonds. The topological polar surface area (TPSA) is 89.9 Å². The van der Waals surface area contributed by atoms with Crippen molar-refractivity contribution in [1.29, 1.82) is 0 Å². The molecule has 0 radical (unpaired) electrons. The molecule has 1 atom stereocenters. The van der Waals surface area contributed by atoms with Crippen LogP contribution in [0.1, 0.15) is 24.4 Å². The smallest absolute Gasteiger partial charge is 0.315 e. The molecule has 2 aromatic heterocycles. The van der Waals surface area contributed by atoms with Crippen molar-refractivity contribution in [3.8, 4) is 0 Å². The van der Waals surface area contributed by atoms with Gasteiger partial charge < -0.3 is 15.5 Å². The molecular weight excluding hydrogens is 206 g/mol. The van der Waals surface area contributed by atoms with Crippen LogP contribution in [0.3, 0.4) is 0 Å². The predicted molar refractivity (Wildman–Crippen MR) is 58.5 cm³/mol. The van der Waals surface area contributed by atoms with Crippen molar-refractivity contribution < 1.29 is 4.42 Å². The van der Waals surface area contributed by atoms with Crippen molar-refractivity contribution in [2.75, 3.05) is 5.32 Å². The minimum atomic E-state index is -0.249. The van der Waals surface area contributed by atoms with Gasteiger partial charge in [-0.05, 0) is 18.6 Å². The van der Waals surface area contributed by atoms with Gasteiger partial charge in [0.15, 0.2) is 0 Å². The van der Waals surface area contributed by atoms with Crippen LogP contribution in [0.4, 0.5) is 6.01 Å². The molecule has 2 aromatic rings. The highest BCUT2D eigenvalue weighted by atomic mass is 16.4. The summed E-state index contributed by atoms with van der Waals surface area (Å²) in [5.41, 5.74) is 6.64. The molecule has 0 aliphatic rings. The monoisotopic (exact) mass is 219 g/mol. The number of nitrogens with one attached hydrogen (secondary N) is 1. The number of nitrogens with zero attached hydrogens (tertiary/aromatic N) is 3. The number of rotatable bonds is 4. The summed E-state index contributed by atoms with van der Waals surface area (Å²) >= 11 is 0. The van der Waals surface area contributed by atoms with Crippen LogP contribution in [0.15, 0.2) is 28.9 Å². The Morgan fingerprint density at radius 3 is 3.00 bits per heavy atom.